The number of carbonyl (C=O) groups excluding carboxylic acids is 1. The third kappa shape index (κ3) is 5.66. The highest BCUT2D eigenvalue weighted by atomic mass is 35.5. The smallest absolute Gasteiger partial charge is 0.151 e. The van der Waals surface area contributed by atoms with Gasteiger partial charge in [-0.3, -0.25) is 9.79 Å². The summed E-state index contributed by atoms with van der Waals surface area (Å²) >= 11 is 7.15. The second-order valence-electron chi connectivity index (χ2n) is 7.88. The number of benzene rings is 2. The lowest BCUT2D eigenvalue weighted by molar-refractivity contribution is -0.118. The Morgan fingerprint density at radius 1 is 1.03 bits per heavy atom. The number of hydrogen-bond donors (Lipinski definition) is 1. The van der Waals surface area contributed by atoms with Gasteiger partial charge in [0.1, 0.15) is 0 Å². The molecule has 0 saturated carbocycles. The highest BCUT2D eigenvalue weighted by molar-refractivity contribution is 6.48. The highest BCUT2D eigenvalue weighted by Crippen LogP contribution is 2.37. The van der Waals surface area contributed by atoms with Gasteiger partial charge in [0, 0.05) is 23.3 Å². The van der Waals surface area contributed by atoms with Crippen LogP contribution in [0.4, 0.5) is 0 Å². The minimum absolute atomic E-state index is 0.190. The first-order valence-electron chi connectivity index (χ1n) is 11.3. The molecule has 1 aliphatic heterocycles. The minimum Gasteiger partial charge on any atom is -0.378 e. The fraction of sp³-hybridized carbons (Fsp3) is 0.286. The third-order valence-electron chi connectivity index (χ3n) is 5.56. The number of nitrogens with zero attached hydrogens (tertiary/aromatic N) is 1. The average molecular weight is 447 g/mol. The van der Waals surface area contributed by atoms with Crippen molar-refractivity contribution in [2.75, 3.05) is 13.1 Å². The summed E-state index contributed by atoms with van der Waals surface area (Å²) in [6, 6.07) is 20.3. The van der Waals surface area contributed by atoms with Gasteiger partial charge in [-0.15, -0.1) is 0 Å². The van der Waals surface area contributed by atoms with Gasteiger partial charge in [-0.05, 0) is 37.0 Å². The predicted molar refractivity (Wildman–Crippen MR) is 136 cm³/mol. The molecule has 1 heterocycles. The number of nitrogens with one attached hydrogen (secondary N) is 1. The summed E-state index contributed by atoms with van der Waals surface area (Å²) in [6.07, 6.45) is 4.33. The van der Waals surface area contributed by atoms with Crippen molar-refractivity contribution in [3.63, 3.8) is 0 Å². The lowest BCUT2D eigenvalue weighted by atomic mass is 9.88. The van der Waals surface area contributed by atoms with Crippen LogP contribution in [0.15, 0.2) is 93.6 Å². The Morgan fingerprint density at radius 3 is 2.31 bits per heavy atom. The Morgan fingerprint density at radius 2 is 1.69 bits per heavy atom. The van der Waals surface area contributed by atoms with Crippen molar-refractivity contribution >= 4 is 28.7 Å². The normalized spacial score (nSPS) is 14.9. The van der Waals surface area contributed by atoms with E-state index in [0.29, 0.717) is 18.0 Å². The van der Waals surface area contributed by atoms with E-state index in [1.807, 2.05) is 61.5 Å². The van der Waals surface area contributed by atoms with Gasteiger partial charge in [-0.1, -0.05) is 91.7 Å². The topological polar surface area (TPSA) is 41.5 Å². The number of rotatable bonds is 9. The first-order valence-corrected chi connectivity index (χ1v) is 11.7. The Hall–Kier alpha value is -2.91. The maximum Gasteiger partial charge on any atom is 0.151 e. The van der Waals surface area contributed by atoms with Crippen molar-refractivity contribution in [3.05, 3.63) is 99.7 Å². The van der Waals surface area contributed by atoms with Crippen LogP contribution in [-0.4, -0.2) is 24.6 Å². The van der Waals surface area contributed by atoms with E-state index in [2.05, 4.69) is 31.3 Å². The van der Waals surface area contributed by atoms with E-state index in [9.17, 15) is 4.79 Å². The van der Waals surface area contributed by atoms with Crippen LogP contribution < -0.4 is 5.32 Å². The molecule has 0 bridgehead atoms. The molecule has 0 atom stereocenters. The van der Waals surface area contributed by atoms with Crippen LogP contribution in [0.5, 0.6) is 0 Å². The van der Waals surface area contributed by atoms with Gasteiger partial charge >= 0.3 is 0 Å². The zero-order valence-electron chi connectivity index (χ0n) is 19.1. The maximum atomic E-state index is 12.3. The van der Waals surface area contributed by atoms with E-state index in [1.54, 1.807) is 0 Å². The molecule has 0 aliphatic carbocycles. The molecule has 0 radical (unpaired) electrons. The van der Waals surface area contributed by atoms with Crippen LogP contribution in [-0.2, 0) is 4.79 Å². The van der Waals surface area contributed by atoms with Crippen molar-refractivity contribution in [1.29, 1.82) is 0 Å². The predicted octanol–water partition coefficient (Wildman–Crippen LogP) is 6.71. The molecule has 0 aromatic heterocycles. The molecule has 0 saturated heterocycles. The molecule has 2 aromatic carbocycles. The molecule has 0 unspecified atom stereocenters. The van der Waals surface area contributed by atoms with Gasteiger partial charge in [-0.2, -0.15) is 0 Å². The van der Waals surface area contributed by atoms with Crippen molar-refractivity contribution in [2.45, 2.75) is 40.0 Å². The van der Waals surface area contributed by atoms with Gasteiger partial charge in [0.2, 0.25) is 0 Å². The summed E-state index contributed by atoms with van der Waals surface area (Å²) in [5.41, 5.74) is 6.93. The first-order chi connectivity index (χ1) is 15.6. The Bertz CT molecular complexity index is 1060. The summed E-state index contributed by atoms with van der Waals surface area (Å²) in [6.45, 7) is 7.08. The molecule has 3 rings (SSSR count). The monoisotopic (exact) mass is 446 g/mol. The summed E-state index contributed by atoms with van der Waals surface area (Å²) in [7, 11) is 0. The molecule has 4 heteroatoms. The van der Waals surface area contributed by atoms with Gasteiger partial charge < -0.3 is 5.32 Å². The van der Waals surface area contributed by atoms with E-state index in [0.717, 1.165) is 46.5 Å². The first kappa shape index (κ1) is 23.7. The van der Waals surface area contributed by atoms with Crippen LogP contribution >= 0.6 is 11.6 Å². The number of carbonyl (C=O) groups is 1. The van der Waals surface area contributed by atoms with Gasteiger partial charge in [0.15, 0.2) is 5.78 Å². The van der Waals surface area contributed by atoms with E-state index in [1.165, 1.54) is 5.57 Å². The summed E-state index contributed by atoms with van der Waals surface area (Å²) in [5, 5.41) is 3.99. The Balaban J connectivity index is 2.18. The minimum atomic E-state index is 0.190. The Labute approximate surface area is 196 Å². The van der Waals surface area contributed by atoms with Crippen molar-refractivity contribution in [3.8, 4) is 0 Å². The standard InChI is InChI=1S/C28H31ClN2O/c1-4-12-23(32)19-31-24-17-18-30-28(22-15-10-7-11-16-22)27(29)26(24)25(20(3)5-2)21-13-8-6-9-14-21/h6-11,13-17,31H,4-5,12,18-19H2,1-3H3/b25-20+. The number of hydrogen-bond acceptors (Lipinski definition) is 3. The van der Waals surface area contributed by atoms with Crippen LogP contribution in [0.25, 0.3) is 5.57 Å². The number of Topliss-reactive ketones (excluding diaryl/α,β-unsaturated/α-hetero) is 1. The van der Waals surface area contributed by atoms with Crippen LogP contribution in [0.2, 0.25) is 0 Å². The highest BCUT2D eigenvalue weighted by Gasteiger charge is 2.24. The number of aliphatic imine (C=N–C) groups is 1. The van der Waals surface area contributed by atoms with Crippen LogP contribution in [0.3, 0.4) is 0 Å². The maximum absolute atomic E-state index is 12.3. The molecular formula is C28H31ClN2O. The lowest BCUT2D eigenvalue weighted by Crippen LogP contribution is -2.24. The van der Waals surface area contributed by atoms with E-state index < -0.39 is 0 Å². The SMILES string of the molecule is CCCC(=O)CNC1=CCN=C(c2ccccc2)C(Cl)=C1/C(=C(\C)CC)c1ccccc1. The van der Waals surface area contributed by atoms with Crippen molar-refractivity contribution in [1.82, 2.24) is 5.32 Å². The second-order valence-corrected chi connectivity index (χ2v) is 8.26. The lowest BCUT2D eigenvalue weighted by Gasteiger charge is -2.21. The third-order valence-corrected chi connectivity index (χ3v) is 5.93. The van der Waals surface area contributed by atoms with Crippen molar-refractivity contribution in [2.24, 2.45) is 4.99 Å². The molecule has 0 amide bonds. The Kier molecular flexibility index (Phi) is 8.64. The number of allylic oxidation sites excluding steroid dienone is 3. The molecule has 1 N–H and O–H groups in total. The summed E-state index contributed by atoms with van der Waals surface area (Å²) in [5.74, 6) is 0.190. The van der Waals surface area contributed by atoms with Crippen LogP contribution in [0, 0.1) is 0 Å². The van der Waals surface area contributed by atoms with Crippen LogP contribution in [0.1, 0.15) is 51.2 Å². The van der Waals surface area contributed by atoms with Gasteiger partial charge in [0.25, 0.3) is 0 Å². The van der Waals surface area contributed by atoms with E-state index >= 15 is 0 Å². The number of ketones is 1. The zero-order valence-corrected chi connectivity index (χ0v) is 19.9. The van der Waals surface area contributed by atoms with Gasteiger partial charge in [-0.25, -0.2) is 0 Å². The quantitative estimate of drug-likeness (QED) is 0.465. The summed E-state index contributed by atoms with van der Waals surface area (Å²) < 4.78 is 0. The largest absolute Gasteiger partial charge is 0.378 e. The van der Waals surface area contributed by atoms with E-state index in [-0.39, 0.29) is 12.3 Å². The molecule has 0 fully saturated rings. The zero-order chi connectivity index (χ0) is 22.9. The average Bonchev–Trinajstić information content (AvgIpc) is 2.98. The van der Waals surface area contributed by atoms with Gasteiger partial charge in [0.05, 0.1) is 23.8 Å². The molecule has 2 aromatic rings. The summed E-state index contributed by atoms with van der Waals surface area (Å²) in [4.78, 5) is 17.1. The molecule has 1 aliphatic rings. The second kappa shape index (κ2) is 11.6. The fourth-order valence-corrected chi connectivity index (χ4v) is 4.17. The van der Waals surface area contributed by atoms with E-state index in [4.69, 9.17) is 16.6 Å². The molecule has 32 heavy (non-hydrogen) atoms. The number of halogens is 1. The molecule has 3 nitrogen and oxygen atoms in total. The fourth-order valence-electron chi connectivity index (χ4n) is 3.80. The van der Waals surface area contributed by atoms with Crippen molar-refractivity contribution < 1.29 is 4.79 Å². The molecule has 166 valence electrons. The molecular weight excluding hydrogens is 416 g/mol. The molecule has 0 spiro atoms.